The van der Waals surface area contributed by atoms with Gasteiger partial charge in [-0.2, -0.15) is 0 Å². The molecule has 0 aromatic carbocycles. The van der Waals surface area contributed by atoms with E-state index in [2.05, 4.69) is 5.32 Å². The van der Waals surface area contributed by atoms with Gasteiger partial charge in [0, 0.05) is 12.8 Å². The van der Waals surface area contributed by atoms with Crippen LogP contribution in [-0.2, 0) is 9.84 Å². The maximum Gasteiger partial charge on any atom is 0.371 e. The van der Waals surface area contributed by atoms with E-state index in [4.69, 9.17) is 9.52 Å². The minimum Gasteiger partial charge on any atom is -0.475 e. The number of aromatic carboxylic acids is 1. The van der Waals surface area contributed by atoms with Gasteiger partial charge in [0.2, 0.25) is 5.76 Å². The van der Waals surface area contributed by atoms with Crippen LogP contribution < -0.4 is 5.32 Å². The Hall–Kier alpha value is -1.34. The first-order valence-corrected chi connectivity index (χ1v) is 7.70. The molecule has 0 aliphatic rings. The number of nitrogens with one attached hydrogen (secondary N) is 1. The summed E-state index contributed by atoms with van der Waals surface area (Å²) in [4.78, 5) is 10.7. The first-order chi connectivity index (χ1) is 8.54. The number of carboxylic acid groups (broad SMARTS) is 1. The third-order valence-corrected chi connectivity index (χ3v) is 5.25. The lowest BCUT2D eigenvalue weighted by molar-refractivity contribution is 0.0659. The van der Waals surface area contributed by atoms with Crippen LogP contribution in [0, 0.1) is 0 Å². The van der Waals surface area contributed by atoms with E-state index in [0.717, 1.165) is 0 Å². The van der Waals surface area contributed by atoms with Gasteiger partial charge < -0.3 is 14.8 Å². The molecule has 0 amide bonds. The zero-order valence-electron chi connectivity index (χ0n) is 11.4. The van der Waals surface area contributed by atoms with Crippen molar-refractivity contribution in [1.82, 2.24) is 5.32 Å². The second-order valence-corrected chi connectivity index (χ2v) is 7.79. The second-order valence-electron chi connectivity index (χ2n) is 5.14. The van der Waals surface area contributed by atoms with Crippen molar-refractivity contribution in [2.45, 2.75) is 31.6 Å². The van der Waals surface area contributed by atoms with Crippen LogP contribution in [0.3, 0.4) is 0 Å². The lowest BCUT2D eigenvalue weighted by atomic mass is 10.2. The van der Waals surface area contributed by atoms with Gasteiger partial charge >= 0.3 is 5.97 Å². The lowest BCUT2D eigenvalue weighted by Gasteiger charge is -2.24. The van der Waals surface area contributed by atoms with Crippen molar-refractivity contribution in [3.63, 3.8) is 0 Å². The number of sulfone groups is 1. The fourth-order valence-corrected chi connectivity index (χ4v) is 1.68. The minimum atomic E-state index is -3.18. The topological polar surface area (TPSA) is 96.6 Å². The van der Waals surface area contributed by atoms with Gasteiger partial charge in [-0.3, -0.25) is 0 Å². The van der Waals surface area contributed by atoms with Crippen LogP contribution in [-0.4, -0.2) is 37.0 Å². The molecule has 0 bridgehead atoms. The Morgan fingerprint density at radius 2 is 2.05 bits per heavy atom. The molecule has 0 radical (unpaired) electrons. The molecule has 0 aliphatic carbocycles. The SMILES string of the molecule is CC(NCC(C)(C)S(C)(=O)=O)c1ccc(C(=O)O)o1. The second kappa shape index (κ2) is 5.34. The van der Waals surface area contributed by atoms with E-state index in [1.54, 1.807) is 26.8 Å². The summed E-state index contributed by atoms with van der Waals surface area (Å²) in [6.07, 6.45) is 1.19. The molecule has 19 heavy (non-hydrogen) atoms. The van der Waals surface area contributed by atoms with Crippen molar-refractivity contribution in [3.05, 3.63) is 23.7 Å². The highest BCUT2D eigenvalue weighted by Crippen LogP contribution is 2.19. The first kappa shape index (κ1) is 15.7. The molecule has 0 saturated carbocycles. The van der Waals surface area contributed by atoms with E-state index in [9.17, 15) is 13.2 Å². The van der Waals surface area contributed by atoms with Crippen molar-refractivity contribution in [3.8, 4) is 0 Å². The highest BCUT2D eigenvalue weighted by Gasteiger charge is 2.30. The highest BCUT2D eigenvalue weighted by molar-refractivity contribution is 7.92. The fraction of sp³-hybridized carbons (Fsp3) is 0.583. The third kappa shape index (κ3) is 3.81. The van der Waals surface area contributed by atoms with Gasteiger partial charge in [-0.15, -0.1) is 0 Å². The van der Waals surface area contributed by atoms with Crippen LogP contribution >= 0.6 is 0 Å². The Kier molecular flexibility index (Phi) is 4.42. The van der Waals surface area contributed by atoms with Crippen molar-refractivity contribution < 1.29 is 22.7 Å². The molecule has 7 heteroatoms. The Morgan fingerprint density at radius 3 is 2.47 bits per heavy atom. The van der Waals surface area contributed by atoms with E-state index < -0.39 is 20.6 Å². The van der Waals surface area contributed by atoms with E-state index in [-0.39, 0.29) is 18.3 Å². The summed E-state index contributed by atoms with van der Waals surface area (Å²) in [5.41, 5.74) is 0. The minimum absolute atomic E-state index is 0.133. The number of carbonyl (C=O) groups is 1. The fourth-order valence-electron chi connectivity index (χ4n) is 1.33. The molecule has 1 unspecified atom stereocenters. The number of hydrogen-bond donors (Lipinski definition) is 2. The summed E-state index contributed by atoms with van der Waals surface area (Å²) in [6, 6.07) is 2.67. The largest absolute Gasteiger partial charge is 0.475 e. The average molecular weight is 289 g/mol. The summed E-state index contributed by atoms with van der Waals surface area (Å²) < 4.78 is 27.4. The molecule has 0 spiro atoms. The Bertz CT molecular complexity index is 558. The monoisotopic (exact) mass is 289 g/mol. The molecule has 0 aliphatic heterocycles. The van der Waals surface area contributed by atoms with Gasteiger partial charge in [0.05, 0.1) is 10.8 Å². The maximum absolute atomic E-state index is 11.6. The lowest BCUT2D eigenvalue weighted by Crippen LogP contribution is -2.42. The van der Waals surface area contributed by atoms with Crippen LogP contribution in [0.1, 0.15) is 43.1 Å². The smallest absolute Gasteiger partial charge is 0.371 e. The highest BCUT2D eigenvalue weighted by atomic mass is 32.2. The van der Waals surface area contributed by atoms with Crippen LogP contribution in [0.2, 0.25) is 0 Å². The summed E-state index contributed by atoms with van der Waals surface area (Å²) in [5.74, 6) is -0.803. The molecule has 6 nitrogen and oxygen atoms in total. The van der Waals surface area contributed by atoms with Gasteiger partial charge in [-0.1, -0.05) is 0 Å². The van der Waals surface area contributed by atoms with Crippen molar-refractivity contribution >= 4 is 15.8 Å². The van der Waals surface area contributed by atoms with Crippen LogP contribution in [0.4, 0.5) is 0 Å². The standard InChI is InChI=1S/C12H19NO5S/c1-8(9-5-6-10(18-9)11(14)15)13-7-12(2,3)19(4,16)17/h5-6,8,13H,7H2,1-4H3,(H,14,15). The van der Waals surface area contributed by atoms with E-state index >= 15 is 0 Å². The quantitative estimate of drug-likeness (QED) is 0.822. The normalized spacial score (nSPS) is 14.3. The average Bonchev–Trinajstić information content (AvgIpc) is 2.73. The van der Waals surface area contributed by atoms with E-state index in [1.165, 1.54) is 12.3 Å². The molecular weight excluding hydrogens is 270 g/mol. The maximum atomic E-state index is 11.6. The van der Waals surface area contributed by atoms with Crippen LogP contribution in [0.5, 0.6) is 0 Å². The summed E-state index contributed by atoms with van der Waals surface area (Å²) in [5, 5.41) is 11.8. The predicted octanol–water partition coefficient (Wildman–Crippen LogP) is 1.45. The number of hydrogen-bond acceptors (Lipinski definition) is 5. The molecule has 0 fully saturated rings. The summed E-state index contributed by atoms with van der Waals surface area (Å²) in [7, 11) is -3.18. The third-order valence-electron chi connectivity index (χ3n) is 3.10. The predicted molar refractivity (Wildman–Crippen MR) is 71.0 cm³/mol. The number of rotatable bonds is 6. The van der Waals surface area contributed by atoms with Crippen molar-refractivity contribution in [2.75, 3.05) is 12.8 Å². The van der Waals surface area contributed by atoms with Crippen molar-refractivity contribution in [1.29, 1.82) is 0 Å². The Balaban J connectivity index is 2.70. The molecule has 1 aromatic heterocycles. The molecule has 2 N–H and O–H groups in total. The van der Waals surface area contributed by atoms with Crippen LogP contribution in [0.15, 0.2) is 16.5 Å². The van der Waals surface area contributed by atoms with Gasteiger partial charge in [-0.05, 0) is 32.9 Å². The molecular formula is C12H19NO5S. The van der Waals surface area contributed by atoms with Gasteiger partial charge in [0.1, 0.15) is 5.76 Å². The summed E-state index contributed by atoms with van der Waals surface area (Å²) >= 11 is 0. The van der Waals surface area contributed by atoms with Gasteiger partial charge in [0.25, 0.3) is 0 Å². The molecule has 0 saturated heterocycles. The molecule has 1 aromatic rings. The van der Waals surface area contributed by atoms with Crippen LogP contribution in [0.25, 0.3) is 0 Å². The molecule has 1 heterocycles. The molecule has 108 valence electrons. The summed E-state index contributed by atoms with van der Waals surface area (Å²) in [6.45, 7) is 5.29. The van der Waals surface area contributed by atoms with E-state index in [0.29, 0.717) is 5.76 Å². The molecule has 1 atom stereocenters. The molecule has 1 rings (SSSR count). The van der Waals surface area contributed by atoms with E-state index in [1.807, 2.05) is 0 Å². The zero-order chi connectivity index (χ0) is 14.8. The van der Waals surface area contributed by atoms with Crippen molar-refractivity contribution in [2.24, 2.45) is 0 Å². The first-order valence-electron chi connectivity index (χ1n) is 5.80. The number of carboxylic acids is 1. The van der Waals surface area contributed by atoms with Gasteiger partial charge in [-0.25, -0.2) is 13.2 Å². The zero-order valence-corrected chi connectivity index (χ0v) is 12.2. The van der Waals surface area contributed by atoms with Gasteiger partial charge in [0.15, 0.2) is 9.84 Å². The number of furan rings is 1. The Labute approximate surface area is 112 Å². The Morgan fingerprint density at radius 1 is 1.47 bits per heavy atom.